The summed E-state index contributed by atoms with van der Waals surface area (Å²) in [5.41, 5.74) is 4.13. The highest BCUT2D eigenvalue weighted by molar-refractivity contribution is 5.95. The van der Waals surface area contributed by atoms with Crippen molar-refractivity contribution in [2.75, 3.05) is 5.32 Å². The molecule has 1 aromatic carbocycles. The summed E-state index contributed by atoms with van der Waals surface area (Å²) in [4.78, 5) is 26.0. The van der Waals surface area contributed by atoms with E-state index >= 15 is 0 Å². The van der Waals surface area contributed by atoms with Crippen molar-refractivity contribution in [1.82, 2.24) is 14.7 Å². The predicted molar refractivity (Wildman–Crippen MR) is 128 cm³/mol. The van der Waals surface area contributed by atoms with Gasteiger partial charge in [0.1, 0.15) is 5.82 Å². The van der Waals surface area contributed by atoms with Gasteiger partial charge in [-0.15, -0.1) is 6.58 Å². The lowest BCUT2D eigenvalue weighted by Crippen LogP contribution is -2.39. The summed E-state index contributed by atoms with van der Waals surface area (Å²) in [6.07, 6.45) is 9.12. The summed E-state index contributed by atoms with van der Waals surface area (Å²) in [7, 11) is 1.88. The van der Waals surface area contributed by atoms with E-state index in [2.05, 4.69) is 30.0 Å². The molecular weight excluding hydrogens is 404 g/mol. The van der Waals surface area contributed by atoms with Crippen LogP contribution >= 0.6 is 0 Å². The van der Waals surface area contributed by atoms with Gasteiger partial charge in [-0.3, -0.25) is 9.48 Å². The van der Waals surface area contributed by atoms with Crippen LogP contribution in [-0.2, 0) is 18.4 Å². The molecule has 1 atom stereocenters. The van der Waals surface area contributed by atoms with Crippen molar-refractivity contribution in [2.24, 2.45) is 7.05 Å². The van der Waals surface area contributed by atoms with Crippen LogP contribution in [0.5, 0.6) is 0 Å². The van der Waals surface area contributed by atoms with Gasteiger partial charge in [-0.25, -0.2) is 4.79 Å². The van der Waals surface area contributed by atoms with Crippen LogP contribution in [0.1, 0.15) is 54.2 Å². The number of carbonyl (C=O) groups excluding carboxylic acids is 1. The second kappa shape index (κ2) is 11.1. The highest BCUT2D eigenvalue weighted by atomic mass is 16.4. The smallest absolute Gasteiger partial charge is 0.328 e. The van der Waals surface area contributed by atoms with E-state index in [0.717, 1.165) is 40.7 Å². The van der Waals surface area contributed by atoms with Crippen LogP contribution in [0.15, 0.2) is 54.9 Å². The van der Waals surface area contributed by atoms with Crippen LogP contribution in [0.2, 0.25) is 0 Å². The molecule has 1 unspecified atom stereocenters. The lowest BCUT2D eigenvalue weighted by atomic mass is 10.0. The Hall–Kier alpha value is -3.61. The molecular formula is C25H32N4O3. The van der Waals surface area contributed by atoms with E-state index < -0.39 is 5.97 Å². The number of carboxylic acid groups (broad SMARTS) is 1. The van der Waals surface area contributed by atoms with Crippen LogP contribution in [0.25, 0.3) is 6.08 Å². The maximum Gasteiger partial charge on any atom is 0.328 e. The van der Waals surface area contributed by atoms with E-state index in [1.165, 1.54) is 6.08 Å². The number of anilines is 1. The normalized spacial score (nSPS) is 16.6. The first-order valence-electron chi connectivity index (χ1n) is 10.6. The Kier molecular flexibility index (Phi) is 8.58. The zero-order valence-electron chi connectivity index (χ0n) is 19.4. The fraction of sp³-hybridized carbons (Fsp3) is 0.320. The van der Waals surface area contributed by atoms with Gasteiger partial charge in [-0.05, 0) is 56.5 Å². The molecule has 7 nitrogen and oxygen atoms in total. The fourth-order valence-electron chi connectivity index (χ4n) is 3.50. The number of allylic oxidation sites excluding steroid dienone is 2. The maximum absolute atomic E-state index is 13.4. The molecule has 0 radical (unpaired) electrons. The lowest BCUT2D eigenvalue weighted by Gasteiger charge is -2.29. The first-order chi connectivity index (χ1) is 15.2. The SMILES string of the molecule is C=CC.CC/C=C1/Nc2c(cnn2C)CN(C(=O)c2ccc(/C=C/C(=O)O)c(C)c2)C1C. The Morgan fingerprint density at radius 3 is 2.66 bits per heavy atom. The van der Waals surface area contributed by atoms with E-state index in [1.807, 2.05) is 38.8 Å². The summed E-state index contributed by atoms with van der Waals surface area (Å²) < 4.78 is 1.78. The molecule has 0 bridgehead atoms. The van der Waals surface area contributed by atoms with Crippen molar-refractivity contribution in [3.63, 3.8) is 0 Å². The first-order valence-corrected chi connectivity index (χ1v) is 10.6. The third-order valence-corrected chi connectivity index (χ3v) is 5.14. The van der Waals surface area contributed by atoms with E-state index in [1.54, 1.807) is 29.1 Å². The molecule has 0 saturated carbocycles. The second-order valence-corrected chi connectivity index (χ2v) is 7.59. The van der Waals surface area contributed by atoms with E-state index in [0.29, 0.717) is 12.1 Å². The molecule has 2 heterocycles. The molecule has 0 aliphatic carbocycles. The quantitative estimate of drug-likeness (QED) is 0.533. The summed E-state index contributed by atoms with van der Waals surface area (Å²) in [5, 5.41) is 16.6. The summed E-state index contributed by atoms with van der Waals surface area (Å²) in [6, 6.07) is 5.21. The number of hydrogen-bond acceptors (Lipinski definition) is 4. The van der Waals surface area contributed by atoms with Gasteiger partial charge in [-0.1, -0.05) is 25.1 Å². The highest BCUT2D eigenvalue weighted by Gasteiger charge is 2.30. The molecule has 2 aromatic rings. The average Bonchev–Trinajstić information content (AvgIpc) is 3.02. The molecule has 0 spiro atoms. The van der Waals surface area contributed by atoms with Crippen LogP contribution in [0.4, 0.5) is 5.82 Å². The van der Waals surface area contributed by atoms with Crippen molar-refractivity contribution in [3.8, 4) is 0 Å². The van der Waals surface area contributed by atoms with Gasteiger partial charge in [0, 0.05) is 29.9 Å². The Morgan fingerprint density at radius 1 is 1.38 bits per heavy atom. The molecule has 170 valence electrons. The molecule has 2 N–H and O–H groups in total. The minimum atomic E-state index is -1.00. The summed E-state index contributed by atoms with van der Waals surface area (Å²) in [5.74, 6) is -0.176. The highest BCUT2D eigenvalue weighted by Crippen LogP contribution is 2.28. The number of amides is 1. The van der Waals surface area contributed by atoms with E-state index in [9.17, 15) is 9.59 Å². The molecule has 1 amide bonds. The average molecular weight is 437 g/mol. The maximum atomic E-state index is 13.4. The van der Waals surface area contributed by atoms with Gasteiger partial charge in [0.25, 0.3) is 5.91 Å². The van der Waals surface area contributed by atoms with Gasteiger partial charge in [-0.2, -0.15) is 5.10 Å². The number of carboxylic acids is 1. The third kappa shape index (κ3) is 5.75. The Morgan fingerprint density at radius 2 is 2.06 bits per heavy atom. The zero-order chi connectivity index (χ0) is 23.8. The van der Waals surface area contributed by atoms with Crippen LogP contribution in [-0.4, -0.2) is 37.7 Å². The zero-order valence-corrected chi connectivity index (χ0v) is 19.4. The molecule has 0 fully saturated rings. The topological polar surface area (TPSA) is 87.5 Å². The number of aliphatic carboxylic acids is 1. The number of benzene rings is 1. The monoisotopic (exact) mass is 436 g/mol. The largest absolute Gasteiger partial charge is 0.478 e. The number of hydrogen-bond donors (Lipinski definition) is 2. The van der Waals surface area contributed by atoms with Crippen molar-refractivity contribution >= 4 is 23.8 Å². The molecule has 1 aliphatic rings. The van der Waals surface area contributed by atoms with Crippen molar-refractivity contribution in [3.05, 3.63) is 77.2 Å². The number of rotatable bonds is 4. The minimum Gasteiger partial charge on any atom is -0.478 e. The van der Waals surface area contributed by atoms with Gasteiger partial charge in [0.05, 0.1) is 18.8 Å². The second-order valence-electron chi connectivity index (χ2n) is 7.59. The van der Waals surface area contributed by atoms with Crippen molar-refractivity contribution in [1.29, 1.82) is 0 Å². The Bertz CT molecular complexity index is 1050. The number of nitrogens with zero attached hydrogens (tertiary/aromatic N) is 3. The Labute approximate surface area is 189 Å². The Balaban J connectivity index is 0.00000114. The van der Waals surface area contributed by atoms with E-state index in [-0.39, 0.29) is 11.9 Å². The molecule has 1 aromatic heterocycles. The molecule has 32 heavy (non-hydrogen) atoms. The lowest BCUT2D eigenvalue weighted by molar-refractivity contribution is -0.131. The standard InChI is InChI=1S/C22H26N4O3.C3H6/c1-5-6-19-15(3)26(13-18-12-23-25(4)21(18)24-19)22(29)17-8-7-16(14(2)11-17)9-10-20(27)28;1-3-2/h6-12,15,24H,5,13H2,1-4H3,(H,27,28);3H,1H2,2H3/b10-9+,19-6+;. The van der Waals surface area contributed by atoms with E-state index in [4.69, 9.17) is 5.11 Å². The van der Waals surface area contributed by atoms with Gasteiger partial charge >= 0.3 is 5.97 Å². The van der Waals surface area contributed by atoms with Gasteiger partial charge < -0.3 is 15.3 Å². The predicted octanol–water partition coefficient (Wildman–Crippen LogP) is 4.77. The number of aromatic nitrogens is 2. The molecule has 0 saturated heterocycles. The van der Waals surface area contributed by atoms with Crippen LogP contribution < -0.4 is 5.32 Å². The number of fused-ring (bicyclic) bond motifs is 1. The van der Waals surface area contributed by atoms with Crippen molar-refractivity contribution in [2.45, 2.75) is 46.7 Å². The van der Waals surface area contributed by atoms with Crippen LogP contribution in [0.3, 0.4) is 0 Å². The minimum absolute atomic E-state index is 0.0742. The van der Waals surface area contributed by atoms with Gasteiger partial charge in [0.2, 0.25) is 0 Å². The van der Waals surface area contributed by atoms with Crippen LogP contribution in [0, 0.1) is 6.92 Å². The fourth-order valence-corrected chi connectivity index (χ4v) is 3.50. The molecule has 7 heteroatoms. The number of aryl methyl sites for hydroxylation is 2. The van der Waals surface area contributed by atoms with Gasteiger partial charge in [0.15, 0.2) is 0 Å². The van der Waals surface area contributed by atoms with Crippen molar-refractivity contribution < 1.29 is 14.7 Å². The summed E-state index contributed by atoms with van der Waals surface area (Å²) >= 11 is 0. The third-order valence-electron chi connectivity index (χ3n) is 5.14. The number of nitrogens with one attached hydrogen (secondary N) is 1. The summed E-state index contributed by atoms with van der Waals surface area (Å²) in [6.45, 7) is 11.7. The first kappa shape index (κ1) is 24.7. The number of carbonyl (C=O) groups is 2. The molecule has 1 aliphatic heterocycles. The molecule has 3 rings (SSSR count).